The molecule has 0 aliphatic heterocycles. The lowest BCUT2D eigenvalue weighted by molar-refractivity contribution is 0.0235. The monoisotopic (exact) mass is 315 g/mol. The first kappa shape index (κ1) is 16.8. The van der Waals surface area contributed by atoms with Crippen LogP contribution in [0.1, 0.15) is 44.9 Å². The maximum atomic E-state index is 10.9. The van der Waals surface area contributed by atoms with Crippen molar-refractivity contribution >= 4 is 10.1 Å². The van der Waals surface area contributed by atoms with Crippen LogP contribution in [0.15, 0.2) is 0 Å². The molecule has 0 radical (unpaired) electrons. The van der Waals surface area contributed by atoms with E-state index in [2.05, 4.69) is 10.8 Å². The Labute approximate surface area is 127 Å². The maximum Gasteiger partial charge on any atom is 0.264 e. The van der Waals surface area contributed by atoms with Crippen LogP contribution < -0.4 is 0 Å². The SMILES string of the molecule is C#CC[C@H]1CC1N(CCCS(=O)(=O)O)C1(CO)CCCC1. The number of aliphatic hydroxyl groups excluding tert-OH is 1. The molecule has 0 aromatic rings. The lowest BCUT2D eigenvalue weighted by atomic mass is 9.95. The second-order valence-electron chi connectivity index (χ2n) is 6.39. The van der Waals surface area contributed by atoms with Crippen LogP contribution in [0.3, 0.4) is 0 Å². The summed E-state index contributed by atoms with van der Waals surface area (Å²) in [6.45, 7) is 0.699. The molecule has 2 rings (SSSR count). The predicted molar refractivity (Wildman–Crippen MR) is 81.4 cm³/mol. The van der Waals surface area contributed by atoms with Crippen molar-refractivity contribution in [3.05, 3.63) is 0 Å². The molecular formula is C15H25NO4S. The molecule has 2 atom stereocenters. The fourth-order valence-electron chi connectivity index (χ4n) is 3.73. The molecule has 120 valence electrons. The molecule has 0 aromatic carbocycles. The van der Waals surface area contributed by atoms with Gasteiger partial charge >= 0.3 is 0 Å². The number of hydrogen-bond acceptors (Lipinski definition) is 4. The number of aliphatic hydroxyl groups is 1. The first-order valence-electron chi connectivity index (χ1n) is 7.68. The number of terminal acetylenes is 1. The normalized spacial score (nSPS) is 27.7. The quantitative estimate of drug-likeness (QED) is 0.521. The highest BCUT2D eigenvalue weighted by molar-refractivity contribution is 7.85. The Morgan fingerprint density at radius 2 is 2.00 bits per heavy atom. The molecule has 1 unspecified atom stereocenters. The average Bonchev–Trinajstić information content (AvgIpc) is 2.99. The smallest absolute Gasteiger partial charge is 0.264 e. The summed E-state index contributed by atoms with van der Waals surface area (Å²) in [5.74, 6) is 2.93. The molecule has 2 fully saturated rings. The van der Waals surface area contributed by atoms with E-state index in [1.54, 1.807) is 0 Å². The van der Waals surface area contributed by atoms with Gasteiger partial charge in [-0.25, -0.2) is 0 Å². The van der Waals surface area contributed by atoms with E-state index in [1.807, 2.05) is 0 Å². The van der Waals surface area contributed by atoms with Gasteiger partial charge in [-0.1, -0.05) is 12.8 Å². The molecule has 0 amide bonds. The Bertz CT molecular complexity index is 490. The summed E-state index contributed by atoms with van der Waals surface area (Å²) < 4.78 is 30.7. The molecule has 2 aliphatic carbocycles. The topological polar surface area (TPSA) is 77.8 Å². The fraction of sp³-hybridized carbons (Fsp3) is 0.867. The van der Waals surface area contributed by atoms with Crippen LogP contribution in [0.25, 0.3) is 0 Å². The molecule has 5 nitrogen and oxygen atoms in total. The van der Waals surface area contributed by atoms with Gasteiger partial charge in [0.1, 0.15) is 0 Å². The summed E-state index contributed by atoms with van der Waals surface area (Å²) in [5, 5.41) is 9.89. The highest BCUT2D eigenvalue weighted by Crippen LogP contribution is 2.46. The van der Waals surface area contributed by atoms with E-state index in [4.69, 9.17) is 11.0 Å². The zero-order chi connectivity index (χ0) is 15.5. The molecule has 6 heteroatoms. The molecule has 0 spiro atoms. The molecule has 0 saturated heterocycles. The Kier molecular flexibility index (Phi) is 5.31. The van der Waals surface area contributed by atoms with Gasteiger partial charge in [-0.2, -0.15) is 8.42 Å². The predicted octanol–water partition coefficient (Wildman–Crippen LogP) is 1.28. The molecule has 0 aromatic heterocycles. The van der Waals surface area contributed by atoms with Crippen LogP contribution in [0.4, 0.5) is 0 Å². The summed E-state index contributed by atoms with van der Waals surface area (Å²) in [6, 6.07) is 0.354. The van der Waals surface area contributed by atoms with Crippen LogP contribution >= 0.6 is 0 Å². The van der Waals surface area contributed by atoms with Gasteiger partial charge in [0.25, 0.3) is 10.1 Å². The van der Waals surface area contributed by atoms with Gasteiger partial charge in [-0.05, 0) is 31.6 Å². The standard InChI is InChI=1S/C15H25NO4S/c1-2-6-13-11-14(13)16(9-5-10-21(18,19)20)15(12-17)7-3-4-8-15/h1,13-14,17H,3-12H2,(H,18,19,20)/t13-,14?/m0/s1. The van der Waals surface area contributed by atoms with Crippen molar-refractivity contribution in [2.45, 2.75) is 56.5 Å². The third-order valence-corrected chi connectivity index (χ3v) is 5.71. The van der Waals surface area contributed by atoms with E-state index in [0.717, 1.165) is 38.5 Å². The minimum Gasteiger partial charge on any atom is -0.394 e. The van der Waals surface area contributed by atoms with Crippen LogP contribution in [0.5, 0.6) is 0 Å². The van der Waals surface area contributed by atoms with Gasteiger partial charge in [-0.15, -0.1) is 12.3 Å². The second-order valence-corrected chi connectivity index (χ2v) is 7.97. The summed E-state index contributed by atoms with van der Waals surface area (Å²) in [4.78, 5) is 2.28. The zero-order valence-electron chi connectivity index (χ0n) is 12.4. The summed E-state index contributed by atoms with van der Waals surface area (Å²) in [7, 11) is -3.92. The number of nitrogens with zero attached hydrogens (tertiary/aromatic N) is 1. The van der Waals surface area contributed by atoms with Crippen molar-refractivity contribution in [3.63, 3.8) is 0 Å². The highest BCUT2D eigenvalue weighted by Gasteiger charge is 2.50. The molecule has 2 N–H and O–H groups in total. The van der Waals surface area contributed by atoms with Crippen molar-refractivity contribution < 1.29 is 18.1 Å². The van der Waals surface area contributed by atoms with Gasteiger partial charge in [0.15, 0.2) is 0 Å². The van der Waals surface area contributed by atoms with Gasteiger partial charge in [-0.3, -0.25) is 9.45 Å². The van der Waals surface area contributed by atoms with E-state index in [9.17, 15) is 13.5 Å². The summed E-state index contributed by atoms with van der Waals surface area (Å²) >= 11 is 0. The van der Waals surface area contributed by atoms with Crippen molar-refractivity contribution in [2.75, 3.05) is 18.9 Å². The fourth-order valence-corrected chi connectivity index (χ4v) is 4.22. The molecule has 0 heterocycles. The van der Waals surface area contributed by atoms with Crippen LogP contribution in [-0.2, 0) is 10.1 Å². The minimum absolute atomic E-state index is 0.109. The number of hydrogen-bond donors (Lipinski definition) is 2. The van der Waals surface area contributed by atoms with E-state index in [1.165, 1.54) is 0 Å². The molecule has 21 heavy (non-hydrogen) atoms. The van der Waals surface area contributed by atoms with Crippen molar-refractivity contribution in [1.29, 1.82) is 0 Å². The van der Waals surface area contributed by atoms with Crippen LogP contribution in [0.2, 0.25) is 0 Å². The van der Waals surface area contributed by atoms with Gasteiger partial charge in [0, 0.05) is 24.5 Å². The van der Waals surface area contributed by atoms with Crippen LogP contribution in [-0.4, -0.2) is 53.5 Å². The molecule has 2 aliphatic rings. The summed E-state index contributed by atoms with van der Waals surface area (Å²) in [5.41, 5.74) is -0.215. The third kappa shape index (κ3) is 4.19. The first-order valence-corrected chi connectivity index (χ1v) is 9.29. The van der Waals surface area contributed by atoms with Crippen LogP contribution in [0, 0.1) is 18.3 Å². The Morgan fingerprint density at radius 3 is 2.52 bits per heavy atom. The highest BCUT2D eigenvalue weighted by atomic mass is 32.2. The lowest BCUT2D eigenvalue weighted by Crippen LogP contribution is -2.52. The Balaban J connectivity index is 2.03. The summed E-state index contributed by atoms with van der Waals surface area (Å²) in [6.07, 6.45) is 11.6. The van der Waals surface area contributed by atoms with Crippen molar-refractivity contribution in [3.8, 4) is 12.3 Å². The second kappa shape index (κ2) is 6.66. The Morgan fingerprint density at radius 1 is 1.33 bits per heavy atom. The van der Waals surface area contributed by atoms with E-state index in [-0.39, 0.29) is 17.9 Å². The Hall–Kier alpha value is -0.610. The lowest BCUT2D eigenvalue weighted by Gasteiger charge is -2.41. The average molecular weight is 315 g/mol. The van der Waals surface area contributed by atoms with E-state index < -0.39 is 10.1 Å². The maximum absolute atomic E-state index is 10.9. The first-order chi connectivity index (χ1) is 9.92. The van der Waals surface area contributed by atoms with E-state index >= 15 is 0 Å². The number of rotatable bonds is 8. The van der Waals surface area contributed by atoms with Gasteiger partial charge in [0.05, 0.1) is 12.4 Å². The van der Waals surface area contributed by atoms with E-state index in [0.29, 0.717) is 24.9 Å². The van der Waals surface area contributed by atoms with Crippen molar-refractivity contribution in [2.24, 2.45) is 5.92 Å². The third-order valence-electron chi connectivity index (χ3n) is 4.90. The zero-order valence-corrected chi connectivity index (χ0v) is 13.2. The van der Waals surface area contributed by atoms with Gasteiger partial charge < -0.3 is 5.11 Å². The minimum atomic E-state index is -3.92. The molecular weight excluding hydrogens is 290 g/mol. The van der Waals surface area contributed by atoms with Gasteiger partial charge in [0.2, 0.25) is 0 Å². The van der Waals surface area contributed by atoms with Crippen molar-refractivity contribution in [1.82, 2.24) is 4.90 Å². The largest absolute Gasteiger partial charge is 0.394 e. The molecule has 0 bridgehead atoms. The molecule has 2 saturated carbocycles.